The van der Waals surface area contributed by atoms with Gasteiger partial charge in [-0.1, -0.05) is 30.3 Å². The van der Waals surface area contributed by atoms with Crippen molar-refractivity contribution in [3.05, 3.63) is 72.2 Å². The summed E-state index contributed by atoms with van der Waals surface area (Å²) in [7, 11) is 0. The van der Waals surface area contributed by atoms with Crippen molar-refractivity contribution >= 4 is 11.5 Å². The predicted molar refractivity (Wildman–Crippen MR) is 102 cm³/mol. The van der Waals surface area contributed by atoms with Crippen LogP contribution in [0.4, 0.5) is 15.9 Å². The zero-order valence-electron chi connectivity index (χ0n) is 14.6. The second-order valence-corrected chi connectivity index (χ2v) is 6.18. The van der Waals surface area contributed by atoms with Gasteiger partial charge in [-0.05, 0) is 36.8 Å². The summed E-state index contributed by atoms with van der Waals surface area (Å²) in [4.78, 5) is 6.77. The highest BCUT2D eigenvalue weighted by Gasteiger charge is 2.21. The Bertz CT molecular complexity index is 911. The molecule has 0 aliphatic carbocycles. The first-order chi connectivity index (χ1) is 12.7. The van der Waals surface area contributed by atoms with Crippen molar-refractivity contribution < 1.29 is 9.13 Å². The van der Waals surface area contributed by atoms with E-state index in [0.717, 1.165) is 33.9 Å². The summed E-state index contributed by atoms with van der Waals surface area (Å²) in [6.45, 7) is 3.97. The van der Waals surface area contributed by atoms with Crippen molar-refractivity contribution in [1.29, 1.82) is 0 Å². The van der Waals surface area contributed by atoms with Gasteiger partial charge in [-0.15, -0.1) is 0 Å². The van der Waals surface area contributed by atoms with E-state index >= 15 is 0 Å². The molecule has 0 spiro atoms. The lowest BCUT2D eigenvalue weighted by atomic mass is 10.1. The van der Waals surface area contributed by atoms with Crippen LogP contribution in [-0.2, 0) is 6.54 Å². The van der Waals surface area contributed by atoms with Crippen molar-refractivity contribution in [3.63, 3.8) is 0 Å². The van der Waals surface area contributed by atoms with Gasteiger partial charge in [0.05, 0.1) is 19.0 Å². The third kappa shape index (κ3) is 3.20. The molecule has 1 aromatic heterocycles. The molecule has 0 saturated carbocycles. The quantitative estimate of drug-likeness (QED) is 0.726. The van der Waals surface area contributed by atoms with E-state index in [1.54, 1.807) is 0 Å². The van der Waals surface area contributed by atoms with E-state index in [2.05, 4.69) is 21.3 Å². The molecule has 1 N–H and O–H groups in total. The molecule has 3 aromatic rings. The van der Waals surface area contributed by atoms with Gasteiger partial charge >= 0.3 is 0 Å². The van der Waals surface area contributed by atoms with Crippen LogP contribution in [0.3, 0.4) is 0 Å². The van der Waals surface area contributed by atoms with Crippen molar-refractivity contribution in [2.24, 2.45) is 0 Å². The molecule has 0 bridgehead atoms. The number of nitrogens with one attached hydrogen (secondary N) is 1. The number of hydrogen-bond donors (Lipinski definition) is 1. The molecule has 0 amide bonds. The molecule has 0 radical (unpaired) electrons. The first-order valence-electron chi connectivity index (χ1n) is 8.70. The first-order valence-corrected chi connectivity index (χ1v) is 8.70. The van der Waals surface area contributed by atoms with Gasteiger partial charge in [0.15, 0.2) is 5.82 Å². The highest BCUT2D eigenvalue weighted by atomic mass is 19.1. The van der Waals surface area contributed by atoms with Crippen molar-refractivity contribution in [2.45, 2.75) is 13.5 Å². The van der Waals surface area contributed by atoms with Crippen LogP contribution < -0.4 is 15.0 Å². The van der Waals surface area contributed by atoms with Gasteiger partial charge in [-0.2, -0.15) is 0 Å². The molecular weight excluding hydrogens is 329 g/mol. The number of fused-ring (bicyclic) bond motifs is 1. The zero-order chi connectivity index (χ0) is 17.9. The average molecular weight is 349 g/mol. The maximum atomic E-state index is 13.1. The Morgan fingerprint density at radius 1 is 1.15 bits per heavy atom. The van der Waals surface area contributed by atoms with Crippen molar-refractivity contribution in [3.8, 4) is 16.9 Å². The number of para-hydroxylation sites is 1. The van der Waals surface area contributed by atoms with Gasteiger partial charge in [-0.3, -0.25) is 0 Å². The zero-order valence-corrected chi connectivity index (χ0v) is 14.6. The molecule has 2 aromatic carbocycles. The monoisotopic (exact) mass is 349 g/mol. The van der Waals surface area contributed by atoms with Crippen molar-refractivity contribution in [1.82, 2.24) is 4.98 Å². The summed E-state index contributed by atoms with van der Waals surface area (Å²) in [6.07, 6.45) is 1.87. The maximum absolute atomic E-state index is 13.1. The third-order valence-corrected chi connectivity index (χ3v) is 4.43. The van der Waals surface area contributed by atoms with Crippen LogP contribution in [0.5, 0.6) is 5.75 Å². The Morgan fingerprint density at radius 3 is 2.77 bits per heavy atom. The van der Waals surface area contributed by atoms with Crippen LogP contribution in [0.1, 0.15) is 12.5 Å². The second-order valence-electron chi connectivity index (χ2n) is 6.18. The average Bonchev–Trinajstić information content (AvgIpc) is 3.06. The Balaban J connectivity index is 1.65. The second kappa shape index (κ2) is 7.04. The number of aromatic nitrogens is 1. The van der Waals surface area contributed by atoms with Gasteiger partial charge in [-0.25, -0.2) is 9.37 Å². The van der Waals surface area contributed by atoms with Crippen LogP contribution in [0.25, 0.3) is 11.1 Å². The normalized spacial score (nSPS) is 12.6. The Labute approximate surface area is 152 Å². The Hall–Kier alpha value is -3.08. The minimum Gasteiger partial charge on any atom is -0.493 e. The van der Waals surface area contributed by atoms with E-state index in [9.17, 15) is 4.39 Å². The van der Waals surface area contributed by atoms with Crippen molar-refractivity contribution in [2.75, 3.05) is 23.5 Å². The molecule has 4 nitrogen and oxygen atoms in total. The van der Waals surface area contributed by atoms with Crippen LogP contribution in [0, 0.1) is 5.82 Å². The fourth-order valence-corrected chi connectivity index (χ4v) is 3.17. The van der Waals surface area contributed by atoms with Gasteiger partial charge in [0, 0.05) is 23.9 Å². The summed E-state index contributed by atoms with van der Waals surface area (Å²) in [5.74, 6) is 1.50. The minimum atomic E-state index is -0.217. The molecule has 1 aliphatic rings. The standard InChI is InChI=1S/C21H20FN3O/c1-2-26-20-6-4-3-5-18(20)16-11-19-21(23-12-16)24-14-25(19)13-15-7-9-17(22)10-8-15/h3-12H,2,13-14H2,1H3,(H,23,24). The summed E-state index contributed by atoms with van der Waals surface area (Å²) in [6, 6.07) is 16.7. The lowest BCUT2D eigenvalue weighted by molar-refractivity contribution is 0.341. The molecular formula is C21H20FN3O. The van der Waals surface area contributed by atoms with E-state index in [0.29, 0.717) is 19.8 Å². The topological polar surface area (TPSA) is 37.4 Å². The highest BCUT2D eigenvalue weighted by Crippen LogP contribution is 2.37. The smallest absolute Gasteiger partial charge is 0.151 e. The van der Waals surface area contributed by atoms with E-state index in [-0.39, 0.29) is 5.82 Å². The molecule has 4 rings (SSSR count). The number of ether oxygens (including phenoxy) is 1. The van der Waals surface area contributed by atoms with E-state index in [4.69, 9.17) is 4.74 Å². The molecule has 0 saturated heterocycles. The van der Waals surface area contributed by atoms with Crippen LogP contribution in [-0.4, -0.2) is 18.3 Å². The number of nitrogens with zero attached hydrogens (tertiary/aromatic N) is 2. The summed E-state index contributed by atoms with van der Waals surface area (Å²) in [5, 5.41) is 3.31. The number of halogens is 1. The lowest BCUT2D eigenvalue weighted by Crippen LogP contribution is -2.22. The van der Waals surface area contributed by atoms with Gasteiger partial charge < -0.3 is 15.0 Å². The molecule has 0 atom stereocenters. The summed E-state index contributed by atoms with van der Waals surface area (Å²) >= 11 is 0. The van der Waals surface area contributed by atoms with E-state index in [1.165, 1.54) is 12.1 Å². The number of pyridine rings is 1. The molecule has 0 unspecified atom stereocenters. The van der Waals surface area contributed by atoms with Crippen LogP contribution in [0.15, 0.2) is 60.8 Å². The number of rotatable bonds is 5. The maximum Gasteiger partial charge on any atom is 0.151 e. The molecule has 26 heavy (non-hydrogen) atoms. The largest absolute Gasteiger partial charge is 0.493 e. The SMILES string of the molecule is CCOc1ccccc1-c1cnc2c(c1)N(Cc1ccc(F)cc1)CN2. The third-order valence-electron chi connectivity index (χ3n) is 4.43. The minimum absolute atomic E-state index is 0.217. The van der Waals surface area contributed by atoms with Crippen LogP contribution in [0.2, 0.25) is 0 Å². The molecule has 2 heterocycles. The summed E-state index contributed by atoms with van der Waals surface area (Å²) < 4.78 is 18.9. The van der Waals surface area contributed by atoms with Gasteiger partial charge in [0.25, 0.3) is 0 Å². The number of benzene rings is 2. The van der Waals surface area contributed by atoms with Gasteiger partial charge in [0.1, 0.15) is 11.6 Å². The summed E-state index contributed by atoms with van der Waals surface area (Å²) in [5.41, 5.74) is 4.14. The first kappa shape index (κ1) is 16.4. The molecule has 132 valence electrons. The molecule has 0 fully saturated rings. The fourth-order valence-electron chi connectivity index (χ4n) is 3.17. The number of anilines is 2. The van der Waals surface area contributed by atoms with Crippen LogP contribution >= 0.6 is 0 Å². The highest BCUT2D eigenvalue weighted by molar-refractivity contribution is 5.79. The van der Waals surface area contributed by atoms with E-state index in [1.807, 2.05) is 49.5 Å². The Kier molecular flexibility index (Phi) is 4.44. The predicted octanol–water partition coefficient (Wildman–Crippen LogP) is 4.68. The fraction of sp³-hybridized carbons (Fsp3) is 0.190. The molecule has 5 heteroatoms. The lowest BCUT2D eigenvalue weighted by Gasteiger charge is -2.18. The number of hydrogen-bond acceptors (Lipinski definition) is 4. The molecule has 1 aliphatic heterocycles. The Morgan fingerprint density at radius 2 is 1.96 bits per heavy atom. The van der Waals surface area contributed by atoms with E-state index < -0.39 is 0 Å². The van der Waals surface area contributed by atoms with Gasteiger partial charge in [0.2, 0.25) is 0 Å².